The van der Waals surface area contributed by atoms with Gasteiger partial charge in [0.2, 0.25) is 10.0 Å². The zero-order valence-corrected chi connectivity index (χ0v) is 10.9. The van der Waals surface area contributed by atoms with E-state index in [0.29, 0.717) is 0 Å². The first-order valence-electron chi connectivity index (χ1n) is 5.64. The fourth-order valence-corrected chi connectivity index (χ4v) is 2.65. The molecule has 0 unspecified atom stereocenters. The highest BCUT2D eigenvalue weighted by Gasteiger charge is 2.15. The normalized spacial score (nSPS) is 11.6. The molecule has 2 N–H and O–H groups in total. The summed E-state index contributed by atoms with van der Waals surface area (Å²) in [6.45, 7) is 0.0803. The third-order valence-corrected chi connectivity index (χ3v) is 3.89. The van der Waals surface area contributed by atoms with Crippen LogP contribution in [-0.4, -0.2) is 25.2 Å². The van der Waals surface area contributed by atoms with E-state index >= 15 is 0 Å². The Morgan fingerprint density at radius 3 is 2.53 bits per heavy atom. The van der Waals surface area contributed by atoms with Crippen molar-refractivity contribution in [1.82, 2.24) is 4.72 Å². The predicted molar refractivity (Wildman–Crippen MR) is 72.2 cm³/mol. The molecule has 19 heavy (non-hydrogen) atoms. The SMILES string of the molecule is O=C(O)CS(=O)(=O)NCc1cccc2ccccc12. The number of carbonyl (C=O) groups is 1. The number of fused-ring (bicyclic) bond motifs is 1. The summed E-state index contributed by atoms with van der Waals surface area (Å²) in [5.74, 6) is -2.29. The molecule has 2 rings (SSSR count). The van der Waals surface area contributed by atoms with Gasteiger partial charge in [0.15, 0.2) is 5.75 Å². The van der Waals surface area contributed by atoms with Crippen LogP contribution in [0, 0.1) is 0 Å². The van der Waals surface area contributed by atoms with Crippen molar-refractivity contribution >= 4 is 26.8 Å². The van der Waals surface area contributed by atoms with Gasteiger partial charge in [0.25, 0.3) is 0 Å². The first kappa shape index (κ1) is 13.5. The topological polar surface area (TPSA) is 83.5 Å². The monoisotopic (exact) mass is 279 g/mol. The lowest BCUT2D eigenvalue weighted by molar-refractivity contribution is -0.134. The number of nitrogens with one attached hydrogen (secondary N) is 1. The minimum atomic E-state index is -3.80. The lowest BCUT2D eigenvalue weighted by atomic mass is 10.1. The molecule has 2 aromatic rings. The van der Waals surface area contributed by atoms with Crippen LogP contribution in [-0.2, 0) is 21.4 Å². The lowest BCUT2D eigenvalue weighted by Gasteiger charge is -2.08. The van der Waals surface area contributed by atoms with Crippen molar-refractivity contribution < 1.29 is 18.3 Å². The van der Waals surface area contributed by atoms with Gasteiger partial charge in [-0.25, -0.2) is 13.1 Å². The van der Waals surface area contributed by atoms with Gasteiger partial charge in [0.1, 0.15) is 0 Å². The molecule has 0 heterocycles. The molecule has 2 aromatic carbocycles. The molecule has 0 bridgehead atoms. The van der Waals surface area contributed by atoms with Crippen LogP contribution in [0.15, 0.2) is 42.5 Å². The molecule has 0 saturated carbocycles. The summed E-state index contributed by atoms with van der Waals surface area (Å²) in [6.07, 6.45) is 0. The molecule has 0 aliphatic rings. The van der Waals surface area contributed by atoms with Gasteiger partial charge in [0, 0.05) is 6.54 Å². The van der Waals surface area contributed by atoms with E-state index in [-0.39, 0.29) is 6.54 Å². The molecule has 0 amide bonds. The average Bonchev–Trinajstić information content (AvgIpc) is 2.35. The molecule has 0 aliphatic heterocycles. The summed E-state index contributed by atoms with van der Waals surface area (Å²) in [5.41, 5.74) is 0.812. The van der Waals surface area contributed by atoms with Crippen LogP contribution in [0.5, 0.6) is 0 Å². The van der Waals surface area contributed by atoms with E-state index < -0.39 is 21.7 Å². The van der Waals surface area contributed by atoms with Crippen LogP contribution in [0.3, 0.4) is 0 Å². The highest BCUT2D eigenvalue weighted by molar-refractivity contribution is 7.90. The number of benzene rings is 2. The minimum Gasteiger partial charge on any atom is -0.480 e. The average molecular weight is 279 g/mol. The third kappa shape index (κ3) is 3.52. The molecule has 0 radical (unpaired) electrons. The van der Waals surface area contributed by atoms with E-state index in [0.717, 1.165) is 16.3 Å². The molecule has 0 fully saturated rings. The number of aliphatic carboxylic acids is 1. The van der Waals surface area contributed by atoms with Gasteiger partial charge < -0.3 is 5.11 Å². The molecule has 0 atom stereocenters. The Labute approximate surface area is 110 Å². The minimum absolute atomic E-state index is 0.0803. The second kappa shape index (κ2) is 5.38. The summed E-state index contributed by atoms with van der Waals surface area (Å²) in [7, 11) is -3.80. The van der Waals surface area contributed by atoms with Crippen LogP contribution in [0.2, 0.25) is 0 Å². The van der Waals surface area contributed by atoms with Crippen LogP contribution in [0.4, 0.5) is 0 Å². The Morgan fingerprint density at radius 1 is 1.11 bits per heavy atom. The summed E-state index contributed by atoms with van der Waals surface area (Å²) in [5, 5.41) is 10.5. The van der Waals surface area contributed by atoms with Crippen molar-refractivity contribution in [1.29, 1.82) is 0 Å². The van der Waals surface area contributed by atoms with Crippen LogP contribution in [0.25, 0.3) is 10.8 Å². The van der Waals surface area contributed by atoms with Gasteiger partial charge in [-0.1, -0.05) is 42.5 Å². The third-order valence-electron chi connectivity index (χ3n) is 2.68. The number of sulfonamides is 1. The van der Waals surface area contributed by atoms with Gasteiger partial charge in [-0.15, -0.1) is 0 Å². The van der Waals surface area contributed by atoms with Crippen molar-refractivity contribution in [2.45, 2.75) is 6.54 Å². The van der Waals surface area contributed by atoms with Crippen LogP contribution >= 0.6 is 0 Å². The molecule has 0 aromatic heterocycles. The summed E-state index contributed by atoms with van der Waals surface area (Å²) in [6, 6.07) is 13.2. The van der Waals surface area contributed by atoms with Crippen molar-refractivity contribution in [2.75, 3.05) is 5.75 Å². The van der Waals surface area contributed by atoms with E-state index in [1.807, 2.05) is 42.5 Å². The molecule has 5 nitrogen and oxygen atoms in total. The van der Waals surface area contributed by atoms with Crippen LogP contribution < -0.4 is 4.72 Å². The number of carboxylic acid groups (broad SMARTS) is 1. The van der Waals surface area contributed by atoms with Gasteiger partial charge in [-0.3, -0.25) is 4.79 Å². The quantitative estimate of drug-likeness (QED) is 0.865. The second-order valence-electron chi connectivity index (χ2n) is 4.11. The molecule has 0 spiro atoms. The van der Waals surface area contributed by atoms with Crippen LogP contribution in [0.1, 0.15) is 5.56 Å². The summed E-state index contributed by atoms with van der Waals surface area (Å²) in [4.78, 5) is 10.4. The first-order chi connectivity index (χ1) is 8.98. The Bertz CT molecular complexity index is 704. The van der Waals surface area contributed by atoms with Crippen molar-refractivity contribution in [3.05, 3.63) is 48.0 Å². The number of hydrogen-bond acceptors (Lipinski definition) is 3. The standard InChI is InChI=1S/C13H13NO4S/c15-13(16)9-19(17,18)14-8-11-6-3-5-10-4-1-2-7-12(10)11/h1-7,14H,8-9H2,(H,15,16). The number of hydrogen-bond donors (Lipinski definition) is 2. The van der Waals surface area contributed by atoms with E-state index in [9.17, 15) is 13.2 Å². The van der Waals surface area contributed by atoms with E-state index in [2.05, 4.69) is 4.72 Å². The van der Waals surface area contributed by atoms with Gasteiger partial charge in [-0.2, -0.15) is 0 Å². The molecule has 0 saturated heterocycles. The fraction of sp³-hybridized carbons (Fsp3) is 0.154. The molecular weight excluding hydrogens is 266 g/mol. The summed E-state index contributed by atoms with van der Waals surface area (Å²) < 4.78 is 25.2. The Morgan fingerprint density at radius 2 is 1.79 bits per heavy atom. The number of carboxylic acids is 1. The van der Waals surface area contributed by atoms with E-state index in [4.69, 9.17) is 5.11 Å². The highest BCUT2D eigenvalue weighted by Crippen LogP contribution is 2.18. The second-order valence-corrected chi connectivity index (χ2v) is 5.92. The maximum Gasteiger partial charge on any atom is 0.320 e. The highest BCUT2D eigenvalue weighted by atomic mass is 32.2. The van der Waals surface area contributed by atoms with Crippen molar-refractivity contribution in [3.63, 3.8) is 0 Å². The fourth-order valence-electron chi connectivity index (χ4n) is 1.85. The van der Waals surface area contributed by atoms with Gasteiger partial charge in [-0.05, 0) is 16.3 Å². The smallest absolute Gasteiger partial charge is 0.320 e. The Balaban J connectivity index is 2.21. The molecular formula is C13H13NO4S. The zero-order chi connectivity index (χ0) is 13.9. The Hall–Kier alpha value is -1.92. The zero-order valence-electron chi connectivity index (χ0n) is 10.0. The Kier molecular flexibility index (Phi) is 3.82. The predicted octanol–water partition coefficient (Wildman–Crippen LogP) is 1.34. The first-order valence-corrected chi connectivity index (χ1v) is 7.29. The van der Waals surface area contributed by atoms with Gasteiger partial charge in [0.05, 0.1) is 0 Å². The molecule has 100 valence electrons. The summed E-state index contributed by atoms with van der Waals surface area (Å²) >= 11 is 0. The van der Waals surface area contributed by atoms with Crippen molar-refractivity contribution in [3.8, 4) is 0 Å². The van der Waals surface area contributed by atoms with E-state index in [1.54, 1.807) is 0 Å². The van der Waals surface area contributed by atoms with E-state index in [1.165, 1.54) is 0 Å². The maximum absolute atomic E-state index is 11.5. The molecule has 0 aliphatic carbocycles. The lowest BCUT2D eigenvalue weighted by Crippen LogP contribution is -2.29. The maximum atomic E-state index is 11.5. The van der Waals surface area contributed by atoms with Gasteiger partial charge >= 0.3 is 5.97 Å². The molecule has 6 heteroatoms. The van der Waals surface area contributed by atoms with Crippen molar-refractivity contribution in [2.24, 2.45) is 0 Å². The largest absolute Gasteiger partial charge is 0.480 e. The number of rotatable bonds is 5.